The van der Waals surface area contributed by atoms with Gasteiger partial charge in [-0.25, -0.2) is 4.79 Å². The van der Waals surface area contributed by atoms with E-state index in [1.807, 2.05) is 27.7 Å². The molecule has 0 aromatic heterocycles. The molecule has 1 aliphatic heterocycles. The maximum atomic E-state index is 13.7. The van der Waals surface area contributed by atoms with Gasteiger partial charge in [0, 0.05) is 13.1 Å². The summed E-state index contributed by atoms with van der Waals surface area (Å²) in [6.07, 6.45) is 2.95. The van der Waals surface area contributed by atoms with Gasteiger partial charge < -0.3 is 25.6 Å². The Morgan fingerprint density at radius 1 is 1.08 bits per heavy atom. The van der Waals surface area contributed by atoms with E-state index < -0.39 is 47.4 Å². The van der Waals surface area contributed by atoms with Crippen LogP contribution >= 0.6 is 0 Å². The minimum absolute atomic E-state index is 0.106. The van der Waals surface area contributed by atoms with E-state index in [0.717, 1.165) is 0 Å². The lowest BCUT2D eigenvalue weighted by molar-refractivity contribution is -0.144. The summed E-state index contributed by atoms with van der Waals surface area (Å²) in [4.78, 5) is 66.5. The molecule has 10 nitrogen and oxygen atoms in total. The lowest BCUT2D eigenvalue weighted by atomic mass is 9.96. The Kier molecular flexibility index (Phi) is 9.91. The van der Waals surface area contributed by atoms with Gasteiger partial charge in [-0.2, -0.15) is 0 Å². The molecule has 1 saturated carbocycles. The Bertz CT molecular complexity index is 967. The first kappa shape index (κ1) is 31.1. The van der Waals surface area contributed by atoms with Crippen molar-refractivity contribution in [2.45, 2.75) is 85.0 Å². The van der Waals surface area contributed by atoms with Crippen LogP contribution in [0.4, 0.5) is 4.79 Å². The highest BCUT2D eigenvalue weighted by molar-refractivity contribution is 6.38. The highest BCUT2D eigenvalue weighted by Gasteiger charge is 2.69. The summed E-state index contributed by atoms with van der Waals surface area (Å²) in [6.45, 7) is 20.6. The fraction of sp³-hybridized carbons (Fsp3) is 0.679. The Balaban J connectivity index is 2.27. The van der Waals surface area contributed by atoms with Gasteiger partial charge in [-0.15, -0.1) is 13.2 Å². The van der Waals surface area contributed by atoms with Crippen LogP contribution in [0, 0.1) is 23.2 Å². The van der Waals surface area contributed by atoms with Crippen molar-refractivity contribution in [3.05, 3.63) is 25.3 Å². The van der Waals surface area contributed by atoms with Gasteiger partial charge in [-0.1, -0.05) is 39.8 Å². The molecule has 10 heteroatoms. The molecule has 0 radical (unpaired) electrons. The summed E-state index contributed by atoms with van der Waals surface area (Å²) in [7, 11) is 0. The van der Waals surface area contributed by atoms with Crippen molar-refractivity contribution in [2.24, 2.45) is 23.2 Å². The summed E-state index contributed by atoms with van der Waals surface area (Å²) in [5, 5.41) is 7.86. The molecule has 38 heavy (non-hydrogen) atoms. The number of hydrogen-bond acceptors (Lipinski definition) is 6. The number of piperidine rings is 1. The third kappa shape index (κ3) is 7.23. The Morgan fingerprint density at radius 3 is 2.24 bits per heavy atom. The largest absolute Gasteiger partial charge is 0.444 e. The van der Waals surface area contributed by atoms with Gasteiger partial charge in [0.25, 0.3) is 5.91 Å². The number of likely N-dealkylation sites (tertiary alicyclic amines) is 1. The molecule has 0 bridgehead atoms. The van der Waals surface area contributed by atoms with Crippen LogP contribution in [0.15, 0.2) is 25.3 Å². The second-order valence-electron chi connectivity index (χ2n) is 12.0. The van der Waals surface area contributed by atoms with Crippen LogP contribution in [0.1, 0.15) is 61.3 Å². The molecule has 212 valence electrons. The van der Waals surface area contributed by atoms with Gasteiger partial charge in [-0.3, -0.25) is 19.2 Å². The monoisotopic (exact) mass is 532 g/mol. The SMILES string of the molecule is C=CCCC(NC(=O)C1C2C(CN1C(=O)C(NC(=O)OC(C)(C)C)C(C)C)C2(C)C)C(=O)C(=O)NCC=C. The summed E-state index contributed by atoms with van der Waals surface area (Å²) in [5.74, 6) is -2.72. The van der Waals surface area contributed by atoms with E-state index in [9.17, 15) is 24.0 Å². The van der Waals surface area contributed by atoms with Crippen LogP contribution in [0.3, 0.4) is 0 Å². The summed E-state index contributed by atoms with van der Waals surface area (Å²) in [6, 6.07) is -2.80. The number of amides is 4. The highest BCUT2D eigenvalue weighted by atomic mass is 16.6. The maximum Gasteiger partial charge on any atom is 0.408 e. The minimum Gasteiger partial charge on any atom is -0.444 e. The van der Waals surface area contributed by atoms with Crippen molar-refractivity contribution < 1.29 is 28.7 Å². The summed E-state index contributed by atoms with van der Waals surface area (Å²) >= 11 is 0. The van der Waals surface area contributed by atoms with Crippen molar-refractivity contribution in [3.63, 3.8) is 0 Å². The predicted molar refractivity (Wildman–Crippen MR) is 144 cm³/mol. The number of alkyl carbamates (subject to hydrolysis) is 1. The van der Waals surface area contributed by atoms with Gasteiger partial charge in [-0.05, 0) is 56.8 Å². The Morgan fingerprint density at radius 2 is 1.71 bits per heavy atom. The number of Topliss-reactive ketones (excluding diaryl/α,β-unsaturated/α-hetero) is 1. The molecular weight excluding hydrogens is 488 g/mol. The molecule has 0 spiro atoms. The van der Waals surface area contributed by atoms with E-state index in [0.29, 0.717) is 13.0 Å². The first-order chi connectivity index (χ1) is 17.6. The number of nitrogens with zero attached hydrogens (tertiary/aromatic N) is 1. The zero-order valence-corrected chi connectivity index (χ0v) is 23.8. The third-order valence-corrected chi connectivity index (χ3v) is 7.29. The van der Waals surface area contributed by atoms with E-state index in [4.69, 9.17) is 4.74 Å². The minimum atomic E-state index is -1.07. The van der Waals surface area contributed by atoms with Crippen LogP contribution in [0.2, 0.25) is 0 Å². The number of allylic oxidation sites excluding steroid dienone is 1. The number of nitrogens with one attached hydrogen (secondary N) is 3. The van der Waals surface area contributed by atoms with Crippen molar-refractivity contribution in [1.82, 2.24) is 20.9 Å². The van der Waals surface area contributed by atoms with Crippen molar-refractivity contribution in [3.8, 4) is 0 Å². The Hall–Kier alpha value is -3.17. The predicted octanol–water partition coefficient (Wildman–Crippen LogP) is 2.34. The Labute approximate surface area is 226 Å². The van der Waals surface area contributed by atoms with Gasteiger partial charge in [0.05, 0.1) is 6.04 Å². The smallest absolute Gasteiger partial charge is 0.408 e. The molecule has 5 atom stereocenters. The number of carbonyl (C=O) groups is 5. The summed E-state index contributed by atoms with van der Waals surface area (Å²) in [5.41, 5.74) is -0.895. The highest BCUT2D eigenvalue weighted by Crippen LogP contribution is 2.65. The normalized spacial score (nSPS) is 22.9. The van der Waals surface area contributed by atoms with Gasteiger partial charge in [0.2, 0.25) is 17.6 Å². The second-order valence-corrected chi connectivity index (χ2v) is 12.0. The molecule has 2 aliphatic rings. The molecule has 1 aliphatic carbocycles. The first-order valence-corrected chi connectivity index (χ1v) is 13.2. The van der Waals surface area contributed by atoms with Crippen LogP contribution in [0.5, 0.6) is 0 Å². The number of hydrogen-bond donors (Lipinski definition) is 3. The fourth-order valence-corrected chi connectivity index (χ4v) is 5.16. The van der Waals surface area contributed by atoms with E-state index in [1.165, 1.54) is 11.0 Å². The molecular formula is C28H44N4O6. The van der Waals surface area contributed by atoms with Gasteiger partial charge in [0.15, 0.2) is 0 Å². The number of ketones is 1. The molecule has 2 rings (SSSR count). The van der Waals surface area contributed by atoms with Crippen LogP contribution in [-0.2, 0) is 23.9 Å². The van der Waals surface area contributed by atoms with Gasteiger partial charge >= 0.3 is 6.09 Å². The topological polar surface area (TPSA) is 134 Å². The first-order valence-electron chi connectivity index (χ1n) is 13.2. The maximum absolute atomic E-state index is 13.7. The quantitative estimate of drug-likeness (QED) is 0.261. The molecule has 5 unspecified atom stereocenters. The number of ether oxygens (including phenoxy) is 1. The molecule has 1 heterocycles. The van der Waals surface area contributed by atoms with E-state index >= 15 is 0 Å². The number of rotatable bonds is 12. The average Bonchev–Trinajstić information content (AvgIpc) is 3.15. The molecule has 4 amide bonds. The number of carbonyl (C=O) groups excluding carboxylic acids is 5. The third-order valence-electron chi connectivity index (χ3n) is 7.29. The average molecular weight is 533 g/mol. The molecule has 2 fully saturated rings. The zero-order chi connectivity index (χ0) is 29.0. The van der Waals surface area contributed by atoms with E-state index in [1.54, 1.807) is 26.8 Å². The summed E-state index contributed by atoms with van der Waals surface area (Å²) < 4.78 is 5.35. The molecule has 0 aromatic rings. The van der Waals surface area contributed by atoms with Gasteiger partial charge in [0.1, 0.15) is 17.7 Å². The number of fused-ring (bicyclic) bond motifs is 1. The molecule has 1 saturated heterocycles. The lowest BCUT2D eigenvalue weighted by Gasteiger charge is -2.35. The lowest BCUT2D eigenvalue weighted by Crippen LogP contribution is -2.59. The standard InChI is InChI=1S/C28H44N4O6/c1-10-12-13-18(22(33)24(35)29-14-11-2)30-23(34)21-19-17(28(19,8)9)15-32(21)25(36)20(16(3)4)31-26(37)38-27(5,6)7/h10-11,16-21H,1-2,12-15H2,3-9H3,(H,29,35)(H,30,34)(H,31,37). The van der Waals surface area contributed by atoms with Crippen molar-refractivity contribution >= 4 is 29.6 Å². The zero-order valence-electron chi connectivity index (χ0n) is 23.8. The molecule has 3 N–H and O–H groups in total. The van der Waals surface area contributed by atoms with E-state index in [-0.39, 0.29) is 42.0 Å². The van der Waals surface area contributed by atoms with Crippen molar-refractivity contribution in [2.75, 3.05) is 13.1 Å². The molecule has 0 aromatic carbocycles. The fourth-order valence-electron chi connectivity index (χ4n) is 5.16. The van der Waals surface area contributed by atoms with Crippen LogP contribution < -0.4 is 16.0 Å². The van der Waals surface area contributed by atoms with Crippen LogP contribution in [0.25, 0.3) is 0 Å². The second kappa shape index (κ2) is 12.1. The van der Waals surface area contributed by atoms with Crippen LogP contribution in [-0.4, -0.2) is 71.3 Å². The van der Waals surface area contributed by atoms with Crippen molar-refractivity contribution in [1.29, 1.82) is 0 Å². The van der Waals surface area contributed by atoms with E-state index in [2.05, 4.69) is 29.1 Å².